The van der Waals surface area contributed by atoms with Crippen molar-refractivity contribution >= 4 is 6.29 Å². The van der Waals surface area contributed by atoms with Crippen molar-refractivity contribution in [2.45, 2.75) is 32.9 Å². The van der Waals surface area contributed by atoms with Gasteiger partial charge in [-0.25, -0.2) is 4.68 Å². The highest BCUT2D eigenvalue weighted by molar-refractivity contribution is 5.76. The highest BCUT2D eigenvalue weighted by atomic mass is 16.5. The molecule has 0 saturated heterocycles. The predicted octanol–water partition coefficient (Wildman–Crippen LogP) is 1.87. The van der Waals surface area contributed by atoms with Gasteiger partial charge >= 0.3 is 0 Å². The molecule has 0 amide bonds. The number of tetrazole rings is 1. The number of carbonyl (C=O) groups is 1. The number of aromatic nitrogens is 4. The Kier molecular flexibility index (Phi) is 5.25. The number of nitrogens with zero attached hydrogens (tertiary/aromatic N) is 4. The summed E-state index contributed by atoms with van der Waals surface area (Å²) in [6.07, 6.45) is 2.83. The van der Waals surface area contributed by atoms with Crippen LogP contribution in [0.4, 0.5) is 0 Å². The highest BCUT2D eigenvalue weighted by Gasteiger charge is 2.10. The molecule has 0 saturated carbocycles. The number of aldehydes is 1. The summed E-state index contributed by atoms with van der Waals surface area (Å²) in [7, 11) is 1.55. The van der Waals surface area contributed by atoms with E-state index in [0.29, 0.717) is 22.9 Å². The number of carbonyl (C=O) groups excluding carboxylic acids is 1. The lowest BCUT2D eigenvalue weighted by Gasteiger charge is -2.11. The third kappa shape index (κ3) is 3.77. The van der Waals surface area contributed by atoms with Gasteiger partial charge in [0.15, 0.2) is 17.3 Å². The normalized spacial score (nSPS) is 10.4. The van der Waals surface area contributed by atoms with Gasteiger partial charge in [0.2, 0.25) is 0 Å². The molecule has 112 valence electrons. The van der Waals surface area contributed by atoms with Crippen LogP contribution in [0.25, 0.3) is 0 Å². The fourth-order valence-electron chi connectivity index (χ4n) is 1.83. The van der Waals surface area contributed by atoms with E-state index in [2.05, 4.69) is 22.4 Å². The van der Waals surface area contributed by atoms with Crippen molar-refractivity contribution in [3.8, 4) is 11.5 Å². The van der Waals surface area contributed by atoms with Gasteiger partial charge < -0.3 is 9.47 Å². The first-order chi connectivity index (χ1) is 10.3. The summed E-state index contributed by atoms with van der Waals surface area (Å²) in [5, 5.41) is 11.5. The van der Waals surface area contributed by atoms with Crippen LogP contribution in [-0.4, -0.2) is 33.6 Å². The molecule has 0 fully saturated rings. The topological polar surface area (TPSA) is 79.1 Å². The quantitative estimate of drug-likeness (QED) is 0.691. The van der Waals surface area contributed by atoms with E-state index < -0.39 is 0 Å². The lowest BCUT2D eigenvalue weighted by atomic mass is 10.2. The Morgan fingerprint density at radius 2 is 2.19 bits per heavy atom. The number of rotatable bonds is 8. The second-order valence-corrected chi connectivity index (χ2v) is 4.49. The maximum Gasteiger partial charge on any atom is 0.189 e. The van der Waals surface area contributed by atoms with Gasteiger partial charge in [0.25, 0.3) is 0 Å². The van der Waals surface area contributed by atoms with Crippen LogP contribution in [0.1, 0.15) is 35.9 Å². The Morgan fingerprint density at radius 1 is 1.33 bits per heavy atom. The molecule has 1 heterocycles. The first-order valence-electron chi connectivity index (χ1n) is 6.79. The van der Waals surface area contributed by atoms with E-state index >= 15 is 0 Å². The molecule has 0 aliphatic heterocycles. The van der Waals surface area contributed by atoms with E-state index in [1.165, 1.54) is 0 Å². The maximum absolute atomic E-state index is 10.8. The van der Waals surface area contributed by atoms with Crippen molar-refractivity contribution in [1.29, 1.82) is 0 Å². The van der Waals surface area contributed by atoms with Crippen LogP contribution in [0.2, 0.25) is 0 Å². The molecular weight excluding hydrogens is 272 g/mol. The molecule has 1 aromatic heterocycles. The summed E-state index contributed by atoms with van der Waals surface area (Å²) in [4.78, 5) is 10.8. The molecule has 1 aromatic carbocycles. The van der Waals surface area contributed by atoms with Crippen LogP contribution < -0.4 is 9.47 Å². The number of hydrogen-bond acceptors (Lipinski definition) is 6. The van der Waals surface area contributed by atoms with Crippen LogP contribution in [0.3, 0.4) is 0 Å². The van der Waals surface area contributed by atoms with Crippen molar-refractivity contribution in [3.63, 3.8) is 0 Å². The zero-order valence-corrected chi connectivity index (χ0v) is 12.2. The molecule has 2 rings (SSSR count). The first kappa shape index (κ1) is 15.0. The maximum atomic E-state index is 10.8. The SMILES string of the molecule is CCCCn1nnnc1COc1cc(C=O)ccc1OC. The molecule has 0 N–H and O–H groups in total. The smallest absolute Gasteiger partial charge is 0.189 e. The molecule has 7 heteroatoms. The summed E-state index contributed by atoms with van der Waals surface area (Å²) in [5.41, 5.74) is 0.524. The van der Waals surface area contributed by atoms with E-state index in [9.17, 15) is 4.79 Å². The van der Waals surface area contributed by atoms with Crippen LogP contribution in [-0.2, 0) is 13.2 Å². The lowest BCUT2D eigenvalue weighted by Crippen LogP contribution is -2.09. The number of unbranched alkanes of at least 4 members (excludes halogenated alkanes) is 1. The molecule has 0 unspecified atom stereocenters. The van der Waals surface area contributed by atoms with Crippen LogP contribution in [0, 0.1) is 0 Å². The Balaban J connectivity index is 2.09. The van der Waals surface area contributed by atoms with Gasteiger partial charge in [-0.2, -0.15) is 0 Å². The molecule has 0 atom stereocenters. The second-order valence-electron chi connectivity index (χ2n) is 4.49. The monoisotopic (exact) mass is 290 g/mol. The van der Waals surface area contributed by atoms with Crippen molar-refractivity contribution < 1.29 is 14.3 Å². The standard InChI is InChI=1S/C14H18N4O3/c1-3-4-7-18-14(15-16-17-18)10-21-13-8-11(9-19)5-6-12(13)20-2/h5-6,8-9H,3-4,7,10H2,1-2H3. The molecular formula is C14H18N4O3. The van der Waals surface area contributed by atoms with E-state index in [1.807, 2.05) is 0 Å². The van der Waals surface area contributed by atoms with Crippen LogP contribution >= 0.6 is 0 Å². The van der Waals surface area contributed by atoms with Gasteiger partial charge in [-0.3, -0.25) is 4.79 Å². The molecule has 0 radical (unpaired) electrons. The highest BCUT2D eigenvalue weighted by Crippen LogP contribution is 2.28. The van der Waals surface area contributed by atoms with Crippen molar-refractivity contribution in [2.24, 2.45) is 0 Å². The molecule has 21 heavy (non-hydrogen) atoms. The molecule has 0 aliphatic carbocycles. The van der Waals surface area contributed by atoms with E-state index in [1.54, 1.807) is 30.0 Å². The largest absolute Gasteiger partial charge is 0.493 e. The Bertz CT molecular complexity index is 598. The Morgan fingerprint density at radius 3 is 2.90 bits per heavy atom. The average molecular weight is 290 g/mol. The first-order valence-corrected chi connectivity index (χ1v) is 6.79. The number of methoxy groups -OCH3 is 1. The Hall–Kier alpha value is -2.44. The summed E-state index contributed by atoms with van der Waals surface area (Å²) >= 11 is 0. The van der Waals surface area contributed by atoms with Crippen molar-refractivity contribution in [1.82, 2.24) is 20.2 Å². The molecule has 7 nitrogen and oxygen atoms in total. The molecule has 0 aliphatic rings. The van der Waals surface area contributed by atoms with Crippen molar-refractivity contribution in [3.05, 3.63) is 29.6 Å². The van der Waals surface area contributed by atoms with Crippen molar-refractivity contribution in [2.75, 3.05) is 7.11 Å². The van der Waals surface area contributed by atoms with Gasteiger partial charge in [-0.1, -0.05) is 13.3 Å². The molecule has 0 bridgehead atoms. The van der Waals surface area contributed by atoms with Gasteiger partial charge in [0.1, 0.15) is 12.9 Å². The number of aryl methyl sites for hydroxylation is 1. The zero-order chi connectivity index (χ0) is 15.1. The van der Waals surface area contributed by atoms with Gasteiger partial charge in [-0.05, 0) is 35.0 Å². The summed E-state index contributed by atoms with van der Waals surface area (Å²) in [6, 6.07) is 5.00. The lowest BCUT2D eigenvalue weighted by molar-refractivity contribution is 0.112. The number of ether oxygens (including phenoxy) is 2. The van der Waals surface area contributed by atoms with Crippen LogP contribution in [0.5, 0.6) is 11.5 Å². The summed E-state index contributed by atoms with van der Waals surface area (Å²) in [5.74, 6) is 1.70. The third-order valence-electron chi connectivity index (χ3n) is 3.01. The van der Waals surface area contributed by atoms with Crippen LogP contribution in [0.15, 0.2) is 18.2 Å². The van der Waals surface area contributed by atoms with E-state index in [0.717, 1.165) is 25.7 Å². The molecule has 0 spiro atoms. The second kappa shape index (κ2) is 7.37. The molecule has 2 aromatic rings. The average Bonchev–Trinajstić information content (AvgIpc) is 2.97. The number of hydrogen-bond donors (Lipinski definition) is 0. The summed E-state index contributed by atoms with van der Waals surface area (Å²) < 4.78 is 12.6. The van der Waals surface area contributed by atoms with E-state index in [-0.39, 0.29) is 6.61 Å². The minimum absolute atomic E-state index is 0.218. The third-order valence-corrected chi connectivity index (χ3v) is 3.01. The minimum Gasteiger partial charge on any atom is -0.493 e. The fourth-order valence-corrected chi connectivity index (χ4v) is 1.83. The van der Waals surface area contributed by atoms with Gasteiger partial charge in [-0.15, -0.1) is 5.10 Å². The Labute approximate surface area is 122 Å². The number of benzene rings is 1. The summed E-state index contributed by atoms with van der Waals surface area (Å²) in [6.45, 7) is 3.08. The van der Waals surface area contributed by atoms with Gasteiger partial charge in [0.05, 0.1) is 7.11 Å². The minimum atomic E-state index is 0.218. The van der Waals surface area contributed by atoms with E-state index in [4.69, 9.17) is 9.47 Å². The fraction of sp³-hybridized carbons (Fsp3) is 0.429. The zero-order valence-electron chi connectivity index (χ0n) is 12.2. The van der Waals surface area contributed by atoms with Gasteiger partial charge in [0, 0.05) is 12.1 Å². The predicted molar refractivity (Wildman–Crippen MR) is 75.4 cm³/mol.